The number of likely N-dealkylation sites (tertiary alicyclic amines) is 1. The Balaban J connectivity index is 1.30. The minimum atomic E-state index is -0.272. The third kappa shape index (κ3) is 3.38. The van der Waals surface area contributed by atoms with Crippen LogP contribution in [0.1, 0.15) is 23.3 Å². The summed E-state index contributed by atoms with van der Waals surface area (Å²) in [5, 5.41) is 5.64. The second kappa shape index (κ2) is 6.63. The zero-order chi connectivity index (χ0) is 17.2. The molecule has 1 aromatic carbocycles. The number of nitrogens with zero attached hydrogens (tertiary/aromatic N) is 1. The Kier molecular flexibility index (Phi) is 4.17. The zero-order valence-electron chi connectivity index (χ0n) is 13.9. The van der Waals surface area contributed by atoms with Crippen LogP contribution in [0, 0.1) is 0 Å². The van der Waals surface area contributed by atoms with E-state index in [0.717, 1.165) is 12.8 Å². The van der Waals surface area contributed by atoms with Gasteiger partial charge in [0.25, 0.3) is 0 Å². The summed E-state index contributed by atoms with van der Waals surface area (Å²) in [6.07, 6.45) is 3.74. The molecule has 4 rings (SSSR count). The molecule has 1 aliphatic carbocycles. The summed E-state index contributed by atoms with van der Waals surface area (Å²) in [5.41, 5.74) is 2.65. The number of furan rings is 1. The van der Waals surface area contributed by atoms with Crippen LogP contribution in [0.2, 0.25) is 0 Å². The molecule has 2 aromatic rings. The van der Waals surface area contributed by atoms with Crippen LogP contribution in [0.5, 0.6) is 0 Å². The first-order chi connectivity index (χ1) is 12.2. The first kappa shape index (κ1) is 15.7. The van der Waals surface area contributed by atoms with Crippen molar-refractivity contribution < 1.29 is 14.0 Å². The molecule has 6 heteroatoms. The fraction of sp³-hybridized carbons (Fsp3) is 0.368. The highest BCUT2D eigenvalue weighted by Crippen LogP contribution is 2.28. The molecule has 1 aliphatic heterocycles. The number of carbonyl (C=O) groups is 2. The molecule has 1 atom stereocenters. The van der Waals surface area contributed by atoms with Gasteiger partial charge in [-0.15, -0.1) is 0 Å². The van der Waals surface area contributed by atoms with Gasteiger partial charge in [-0.25, -0.2) is 4.79 Å². The van der Waals surface area contributed by atoms with E-state index in [1.54, 1.807) is 18.4 Å². The third-order valence-corrected chi connectivity index (χ3v) is 4.97. The van der Waals surface area contributed by atoms with Crippen molar-refractivity contribution in [1.82, 2.24) is 15.5 Å². The van der Waals surface area contributed by atoms with Crippen molar-refractivity contribution in [3.8, 4) is 0 Å². The Hall–Kier alpha value is -2.76. The molecule has 3 amide bonds. The lowest BCUT2D eigenvalue weighted by Gasteiger charge is -2.24. The molecule has 1 saturated heterocycles. The number of hydrogen-bond acceptors (Lipinski definition) is 3. The maximum Gasteiger partial charge on any atom is 0.315 e. The van der Waals surface area contributed by atoms with E-state index >= 15 is 0 Å². The summed E-state index contributed by atoms with van der Waals surface area (Å²) in [7, 11) is 0. The molecule has 130 valence electrons. The van der Waals surface area contributed by atoms with Crippen molar-refractivity contribution >= 4 is 11.9 Å². The van der Waals surface area contributed by atoms with E-state index in [9.17, 15) is 9.59 Å². The number of rotatable bonds is 4. The van der Waals surface area contributed by atoms with Gasteiger partial charge in [0.15, 0.2) is 0 Å². The Morgan fingerprint density at radius 1 is 1.12 bits per heavy atom. The van der Waals surface area contributed by atoms with Gasteiger partial charge < -0.3 is 20.0 Å². The number of amides is 3. The maximum atomic E-state index is 12.4. The maximum absolute atomic E-state index is 12.4. The van der Waals surface area contributed by atoms with Gasteiger partial charge in [-0.2, -0.15) is 0 Å². The summed E-state index contributed by atoms with van der Waals surface area (Å²) < 4.78 is 5.18. The van der Waals surface area contributed by atoms with Crippen molar-refractivity contribution in [3.63, 3.8) is 0 Å². The molecule has 2 N–H and O–H groups in total. The summed E-state index contributed by atoms with van der Waals surface area (Å²) >= 11 is 0. The minimum absolute atomic E-state index is 0.120. The van der Waals surface area contributed by atoms with Crippen molar-refractivity contribution in [3.05, 3.63) is 59.5 Å². The molecular formula is C19H21N3O3. The lowest BCUT2D eigenvalue weighted by Crippen LogP contribution is -2.44. The van der Waals surface area contributed by atoms with E-state index in [2.05, 4.69) is 22.8 Å². The second-order valence-electron chi connectivity index (χ2n) is 6.68. The van der Waals surface area contributed by atoms with Gasteiger partial charge in [-0.05, 0) is 36.1 Å². The molecule has 1 aromatic heterocycles. The molecule has 1 unspecified atom stereocenters. The molecule has 1 fully saturated rings. The second-order valence-corrected chi connectivity index (χ2v) is 6.68. The third-order valence-electron chi connectivity index (χ3n) is 4.97. The van der Waals surface area contributed by atoms with Gasteiger partial charge in [0.1, 0.15) is 5.76 Å². The number of fused-ring (bicyclic) bond motifs is 1. The van der Waals surface area contributed by atoms with Crippen LogP contribution in [0.15, 0.2) is 47.1 Å². The SMILES string of the molecule is O=C(NCc1ccco1)NC1CC(=O)N(C2Cc3ccccc3C2)C1. The summed E-state index contributed by atoms with van der Waals surface area (Å²) in [5.74, 6) is 0.817. The van der Waals surface area contributed by atoms with Crippen molar-refractivity contribution in [1.29, 1.82) is 0 Å². The minimum Gasteiger partial charge on any atom is -0.467 e. The zero-order valence-corrected chi connectivity index (χ0v) is 13.9. The highest BCUT2D eigenvalue weighted by atomic mass is 16.3. The first-order valence-electron chi connectivity index (χ1n) is 8.62. The Morgan fingerprint density at radius 2 is 1.88 bits per heavy atom. The summed E-state index contributed by atoms with van der Waals surface area (Å²) in [4.78, 5) is 26.3. The van der Waals surface area contributed by atoms with Crippen LogP contribution in [-0.4, -0.2) is 35.5 Å². The van der Waals surface area contributed by atoms with Gasteiger partial charge in [0.2, 0.25) is 5.91 Å². The van der Waals surface area contributed by atoms with Gasteiger partial charge in [0.05, 0.1) is 18.8 Å². The van der Waals surface area contributed by atoms with Crippen LogP contribution in [0.4, 0.5) is 4.79 Å². The predicted molar refractivity (Wildman–Crippen MR) is 91.8 cm³/mol. The van der Waals surface area contributed by atoms with Gasteiger partial charge in [-0.1, -0.05) is 24.3 Å². The first-order valence-corrected chi connectivity index (χ1v) is 8.62. The van der Waals surface area contributed by atoms with Crippen molar-refractivity contribution in [2.45, 2.75) is 37.9 Å². The van der Waals surface area contributed by atoms with Gasteiger partial charge in [0, 0.05) is 19.0 Å². The van der Waals surface area contributed by atoms with E-state index in [1.165, 1.54) is 11.1 Å². The van der Waals surface area contributed by atoms with E-state index in [4.69, 9.17) is 4.42 Å². The predicted octanol–water partition coefficient (Wildman–Crippen LogP) is 1.85. The Bertz CT molecular complexity index is 747. The van der Waals surface area contributed by atoms with E-state index < -0.39 is 0 Å². The molecule has 0 spiro atoms. The van der Waals surface area contributed by atoms with E-state index in [0.29, 0.717) is 25.3 Å². The Morgan fingerprint density at radius 3 is 2.56 bits per heavy atom. The average Bonchev–Trinajstić information content (AvgIpc) is 3.32. The number of nitrogens with one attached hydrogen (secondary N) is 2. The van der Waals surface area contributed by atoms with Crippen LogP contribution in [0.25, 0.3) is 0 Å². The molecule has 2 aliphatic rings. The van der Waals surface area contributed by atoms with Gasteiger partial charge in [-0.3, -0.25) is 4.79 Å². The highest BCUT2D eigenvalue weighted by Gasteiger charge is 2.37. The molecule has 0 saturated carbocycles. The van der Waals surface area contributed by atoms with Gasteiger partial charge >= 0.3 is 6.03 Å². The van der Waals surface area contributed by atoms with Crippen LogP contribution >= 0.6 is 0 Å². The fourth-order valence-corrected chi connectivity index (χ4v) is 3.75. The molecule has 0 bridgehead atoms. The number of urea groups is 1. The molecule has 6 nitrogen and oxygen atoms in total. The molecule has 25 heavy (non-hydrogen) atoms. The largest absolute Gasteiger partial charge is 0.467 e. The number of carbonyl (C=O) groups excluding carboxylic acids is 2. The smallest absolute Gasteiger partial charge is 0.315 e. The summed E-state index contributed by atoms with van der Waals surface area (Å²) in [6.45, 7) is 0.910. The van der Waals surface area contributed by atoms with E-state index in [-0.39, 0.29) is 24.0 Å². The van der Waals surface area contributed by atoms with Crippen LogP contribution in [-0.2, 0) is 24.2 Å². The summed E-state index contributed by atoms with van der Waals surface area (Å²) in [6, 6.07) is 11.7. The molecule has 0 radical (unpaired) electrons. The number of hydrogen-bond donors (Lipinski definition) is 2. The fourth-order valence-electron chi connectivity index (χ4n) is 3.75. The highest BCUT2D eigenvalue weighted by molar-refractivity contribution is 5.82. The van der Waals surface area contributed by atoms with Crippen molar-refractivity contribution in [2.24, 2.45) is 0 Å². The average molecular weight is 339 g/mol. The van der Waals surface area contributed by atoms with Crippen molar-refractivity contribution in [2.75, 3.05) is 6.54 Å². The normalized spacial score (nSPS) is 19.9. The number of benzene rings is 1. The monoisotopic (exact) mass is 339 g/mol. The Labute approximate surface area is 146 Å². The standard InChI is InChI=1S/C19H21N3O3/c23-18-10-15(21-19(24)20-11-17-6-3-7-25-17)12-22(18)16-8-13-4-1-2-5-14(13)9-16/h1-7,15-16H,8-12H2,(H2,20,21,24). The lowest BCUT2D eigenvalue weighted by molar-refractivity contribution is -0.129. The molecule has 2 heterocycles. The van der Waals surface area contributed by atoms with Crippen LogP contribution in [0.3, 0.4) is 0 Å². The van der Waals surface area contributed by atoms with Crippen LogP contribution < -0.4 is 10.6 Å². The topological polar surface area (TPSA) is 74.6 Å². The molecular weight excluding hydrogens is 318 g/mol. The van der Waals surface area contributed by atoms with E-state index in [1.807, 2.05) is 17.0 Å². The lowest BCUT2D eigenvalue weighted by atomic mass is 10.1. The quantitative estimate of drug-likeness (QED) is 0.893.